The number of anilines is 2. The van der Waals surface area contributed by atoms with Crippen LogP contribution in [0, 0.1) is 0 Å². The SMILES string of the molecule is CC(CNc1cc(N)ns1)N1CCCC1. The van der Waals surface area contributed by atoms with Gasteiger partial charge in [0, 0.05) is 18.7 Å². The van der Waals surface area contributed by atoms with Crippen LogP contribution in [0.5, 0.6) is 0 Å². The van der Waals surface area contributed by atoms with Gasteiger partial charge in [-0.05, 0) is 44.4 Å². The highest BCUT2D eigenvalue weighted by molar-refractivity contribution is 7.10. The lowest BCUT2D eigenvalue weighted by Gasteiger charge is -2.23. The van der Waals surface area contributed by atoms with Crippen LogP contribution in [-0.2, 0) is 0 Å². The molecule has 1 aliphatic rings. The van der Waals surface area contributed by atoms with Crippen LogP contribution in [0.1, 0.15) is 19.8 Å². The molecule has 0 aliphatic carbocycles. The Kier molecular flexibility index (Phi) is 3.43. The van der Waals surface area contributed by atoms with Gasteiger partial charge in [-0.25, -0.2) is 0 Å². The first-order valence-electron chi connectivity index (χ1n) is 5.46. The molecule has 0 amide bonds. The first-order chi connectivity index (χ1) is 7.25. The molecule has 0 aromatic carbocycles. The number of nitrogens with two attached hydrogens (primary N) is 1. The van der Waals surface area contributed by atoms with Crippen molar-refractivity contribution in [1.82, 2.24) is 9.27 Å². The monoisotopic (exact) mass is 226 g/mol. The Hall–Kier alpha value is -0.810. The van der Waals surface area contributed by atoms with Crippen molar-refractivity contribution in [3.63, 3.8) is 0 Å². The van der Waals surface area contributed by atoms with Gasteiger partial charge in [0.25, 0.3) is 0 Å². The zero-order valence-corrected chi connectivity index (χ0v) is 9.89. The third-order valence-corrected chi connectivity index (χ3v) is 3.63. The van der Waals surface area contributed by atoms with E-state index < -0.39 is 0 Å². The van der Waals surface area contributed by atoms with Crippen LogP contribution in [0.4, 0.5) is 10.8 Å². The van der Waals surface area contributed by atoms with Crippen LogP contribution in [0.3, 0.4) is 0 Å². The topological polar surface area (TPSA) is 54.2 Å². The van der Waals surface area contributed by atoms with Gasteiger partial charge in [-0.2, -0.15) is 4.37 Å². The van der Waals surface area contributed by atoms with Crippen LogP contribution < -0.4 is 11.1 Å². The van der Waals surface area contributed by atoms with E-state index in [9.17, 15) is 0 Å². The highest BCUT2D eigenvalue weighted by atomic mass is 32.1. The zero-order valence-electron chi connectivity index (χ0n) is 9.07. The predicted molar refractivity (Wildman–Crippen MR) is 65.3 cm³/mol. The maximum Gasteiger partial charge on any atom is 0.139 e. The summed E-state index contributed by atoms with van der Waals surface area (Å²) in [5.74, 6) is 0.608. The van der Waals surface area contributed by atoms with E-state index in [4.69, 9.17) is 5.73 Å². The first-order valence-corrected chi connectivity index (χ1v) is 6.23. The summed E-state index contributed by atoms with van der Waals surface area (Å²) in [5, 5.41) is 4.44. The molecule has 2 rings (SSSR count). The summed E-state index contributed by atoms with van der Waals surface area (Å²) < 4.78 is 4.04. The largest absolute Gasteiger partial charge is 0.383 e. The van der Waals surface area contributed by atoms with E-state index in [1.165, 1.54) is 37.5 Å². The lowest BCUT2D eigenvalue weighted by Crippen LogP contribution is -2.35. The van der Waals surface area contributed by atoms with Crippen molar-refractivity contribution in [2.45, 2.75) is 25.8 Å². The van der Waals surface area contributed by atoms with E-state index in [0.29, 0.717) is 11.9 Å². The summed E-state index contributed by atoms with van der Waals surface area (Å²) in [7, 11) is 0. The normalized spacial score (nSPS) is 19.3. The lowest BCUT2D eigenvalue weighted by atomic mass is 10.3. The molecule has 1 unspecified atom stereocenters. The van der Waals surface area contributed by atoms with Crippen LogP contribution >= 0.6 is 11.5 Å². The van der Waals surface area contributed by atoms with Gasteiger partial charge in [-0.1, -0.05) is 0 Å². The van der Waals surface area contributed by atoms with Gasteiger partial charge in [0.05, 0.1) is 0 Å². The second-order valence-corrected chi connectivity index (χ2v) is 4.89. The number of nitrogens with zero attached hydrogens (tertiary/aromatic N) is 2. The summed E-state index contributed by atoms with van der Waals surface area (Å²) in [4.78, 5) is 2.53. The van der Waals surface area contributed by atoms with Crippen molar-refractivity contribution in [3.8, 4) is 0 Å². The minimum atomic E-state index is 0.593. The Balaban J connectivity index is 1.77. The summed E-state index contributed by atoms with van der Waals surface area (Å²) in [6, 6.07) is 2.48. The molecular formula is C10H18N4S. The van der Waals surface area contributed by atoms with E-state index in [1.54, 1.807) is 0 Å². The predicted octanol–water partition coefficient (Wildman–Crippen LogP) is 1.62. The van der Waals surface area contributed by atoms with Crippen molar-refractivity contribution in [2.24, 2.45) is 0 Å². The molecule has 0 bridgehead atoms. The molecule has 4 nitrogen and oxygen atoms in total. The van der Waals surface area contributed by atoms with Gasteiger partial charge in [0.15, 0.2) is 0 Å². The van der Waals surface area contributed by atoms with E-state index >= 15 is 0 Å². The molecule has 0 radical (unpaired) electrons. The number of nitrogen functional groups attached to an aromatic ring is 1. The van der Waals surface area contributed by atoms with E-state index in [0.717, 1.165) is 11.5 Å². The van der Waals surface area contributed by atoms with Gasteiger partial charge in [-0.15, -0.1) is 0 Å². The Bertz CT molecular complexity index is 306. The molecule has 0 saturated carbocycles. The number of likely N-dealkylation sites (tertiary alicyclic amines) is 1. The molecule has 1 atom stereocenters. The Morgan fingerprint density at radius 3 is 2.93 bits per heavy atom. The Labute approximate surface area is 94.6 Å². The van der Waals surface area contributed by atoms with Crippen molar-refractivity contribution in [2.75, 3.05) is 30.7 Å². The highest BCUT2D eigenvalue weighted by Gasteiger charge is 2.17. The minimum absolute atomic E-state index is 0.593. The molecule has 1 saturated heterocycles. The maximum absolute atomic E-state index is 5.56. The zero-order chi connectivity index (χ0) is 10.7. The van der Waals surface area contributed by atoms with Crippen LogP contribution in [0.2, 0.25) is 0 Å². The summed E-state index contributed by atoms with van der Waals surface area (Å²) >= 11 is 1.43. The molecule has 2 heterocycles. The molecule has 1 fully saturated rings. The summed E-state index contributed by atoms with van der Waals surface area (Å²) in [6.07, 6.45) is 2.69. The fraction of sp³-hybridized carbons (Fsp3) is 0.700. The third-order valence-electron chi connectivity index (χ3n) is 2.86. The standard InChI is InChI=1S/C10H18N4S/c1-8(14-4-2-3-5-14)7-12-10-6-9(11)13-15-10/h6,8,12H,2-5,7H2,1H3,(H2,11,13). The van der Waals surface area contributed by atoms with Gasteiger partial charge < -0.3 is 11.1 Å². The van der Waals surface area contributed by atoms with E-state index in [1.807, 2.05) is 6.07 Å². The molecule has 15 heavy (non-hydrogen) atoms. The Morgan fingerprint density at radius 2 is 2.33 bits per heavy atom. The lowest BCUT2D eigenvalue weighted by molar-refractivity contribution is 0.269. The van der Waals surface area contributed by atoms with Crippen molar-refractivity contribution in [1.29, 1.82) is 0 Å². The number of hydrogen-bond donors (Lipinski definition) is 2. The second-order valence-electron chi connectivity index (χ2n) is 4.09. The van der Waals surface area contributed by atoms with E-state index in [-0.39, 0.29) is 0 Å². The molecule has 84 valence electrons. The number of rotatable bonds is 4. The maximum atomic E-state index is 5.56. The molecule has 1 aliphatic heterocycles. The highest BCUT2D eigenvalue weighted by Crippen LogP contribution is 2.18. The number of nitrogens with one attached hydrogen (secondary N) is 1. The molecule has 1 aromatic rings. The van der Waals surface area contributed by atoms with E-state index in [2.05, 4.69) is 21.5 Å². The van der Waals surface area contributed by atoms with Crippen LogP contribution in [-0.4, -0.2) is 34.9 Å². The summed E-state index contributed by atoms with van der Waals surface area (Å²) in [5.41, 5.74) is 5.56. The average molecular weight is 226 g/mol. The van der Waals surface area contributed by atoms with Crippen molar-refractivity contribution >= 4 is 22.4 Å². The third kappa shape index (κ3) is 2.82. The molecule has 0 spiro atoms. The van der Waals surface area contributed by atoms with Crippen molar-refractivity contribution < 1.29 is 0 Å². The number of aromatic nitrogens is 1. The Morgan fingerprint density at radius 1 is 1.60 bits per heavy atom. The quantitative estimate of drug-likeness (QED) is 0.819. The second kappa shape index (κ2) is 4.81. The number of hydrogen-bond acceptors (Lipinski definition) is 5. The van der Waals surface area contributed by atoms with Gasteiger partial charge in [-0.3, -0.25) is 4.90 Å². The molecular weight excluding hydrogens is 208 g/mol. The van der Waals surface area contributed by atoms with Gasteiger partial charge in [0.1, 0.15) is 10.8 Å². The van der Waals surface area contributed by atoms with Gasteiger partial charge >= 0.3 is 0 Å². The molecule has 1 aromatic heterocycles. The van der Waals surface area contributed by atoms with Crippen molar-refractivity contribution in [3.05, 3.63) is 6.07 Å². The minimum Gasteiger partial charge on any atom is -0.383 e. The molecule has 3 N–H and O–H groups in total. The summed E-state index contributed by atoms with van der Waals surface area (Å²) in [6.45, 7) is 5.73. The molecule has 5 heteroatoms. The van der Waals surface area contributed by atoms with Crippen LogP contribution in [0.15, 0.2) is 6.07 Å². The average Bonchev–Trinajstić information content (AvgIpc) is 2.84. The van der Waals surface area contributed by atoms with Gasteiger partial charge in [0.2, 0.25) is 0 Å². The fourth-order valence-electron chi connectivity index (χ4n) is 1.93. The fourth-order valence-corrected chi connectivity index (χ4v) is 2.51. The van der Waals surface area contributed by atoms with Crippen LogP contribution in [0.25, 0.3) is 0 Å². The smallest absolute Gasteiger partial charge is 0.139 e. The first kappa shape index (κ1) is 10.7.